The third kappa shape index (κ3) is 1.73. The van der Waals surface area contributed by atoms with E-state index in [0.29, 0.717) is 0 Å². The van der Waals surface area contributed by atoms with Gasteiger partial charge in [0.2, 0.25) is 0 Å². The highest BCUT2D eigenvalue weighted by molar-refractivity contribution is 4.79. The van der Waals surface area contributed by atoms with Crippen molar-refractivity contribution in [3.8, 4) is 0 Å². The molecule has 0 amide bonds. The molecule has 0 saturated heterocycles. The molecule has 0 spiro atoms. The van der Waals surface area contributed by atoms with Gasteiger partial charge in [-0.15, -0.1) is 0 Å². The molecule has 0 aliphatic carbocycles. The van der Waals surface area contributed by atoms with Crippen LogP contribution in [0.3, 0.4) is 0 Å². The quantitative estimate of drug-likeness (QED) is 0.591. The van der Waals surface area contributed by atoms with Crippen molar-refractivity contribution in [1.29, 1.82) is 0 Å². The lowest BCUT2D eigenvalue weighted by atomic mass is 10.4. The highest BCUT2D eigenvalue weighted by Crippen LogP contribution is 2.15. The Labute approximate surface area is 68.1 Å². The summed E-state index contributed by atoms with van der Waals surface area (Å²) in [7, 11) is 2.06. The van der Waals surface area contributed by atoms with Gasteiger partial charge >= 0.3 is 0 Å². The van der Waals surface area contributed by atoms with Crippen molar-refractivity contribution < 1.29 is 9.59 Å². The van der Waals surface area contributed by atoms with Crippen LogP contribution >= 0.6 is 0 Å². The van der Waals surface area contributed by atoms with Crippen molar-refractivity contribution in [3.05, 3.63) is 12.4 Å². The third-order valence-electron chi connectivity index (χ3n) is 2.32. The second-order valence-electron chi connectivity index (χ2n) is 3.18. The van der Waals surface area contributed by atoms with Gasteiger partial charge in [-0.3, -0.25) is 4.48 Å². The second kappa shape index (κ2) is 3.24. The molecule has 3 nitrogen and oxygen atoms in total. The lowest BCUT2D eigenvalue weighted by molar-refractivity contribution is -0.879. The number of nitrogens with zero attached hydrogens (tertiary/aromatic N) is 2. The summed E-state index contributed by atoms with van der Waals surface area (Å²) in [6.45, 7) is 5.31. The van der Waals surface area contributed by atoms with Gasteiger partial charge in [-0.1, -0.05) is 0 Å². The molecule has 0 fully saturated rings. The first-order valence-electron chi connectivity index (χ1n) is 4.09. The Morgan fingerprint density at radius 3 is 2.73 bits per heavy atom. The first-order chi connectivity index (χ1) is 5.22. The molecule has 3 heteroatoms. The maximum Gasteiger partial charge on any atom is 0.158 e. The molecular weight excluding hydrogens is 140 g/mol. The van der Waals surface area contributed by atoms with Crippen LogP contribution in [0.5, 0.6) is 0 Å². The Hall–Kier alpha value is -0.540. The van der Waals surface area contributed by atoms with Crippen LogP contribution in [0.1, 0.15) is 6.92 Å². The van der Waals surface area contributed by atoms with Crippen molar-refractivity contribution >= 4 is 0 Å². The first-order valence-corrected chi connectivity index (χ1v) is 4.09. The maximum atomic E-state index is 8.84. The van der Waals surface area contributed by atoms with Crippen molar-refractivity contribution in [1.82, 2.24) is 4.90 Å². The van der Waals surface area contributed by atoms with Gasteiger partial charge in [0.25, 0.3) is 0 Å². The standard InChI is InChI=1S/C8H17N2O/c1-3-10(6-7-11)5-4-9(2)8-10/h4-5,11H,3,6-8H2,1-2H3/q+1. The largest absolute Gasteiger partial charge is 0.390 e. The fourth-order valence-corrected chi connectivity index (χ4v) is 1.50. The summed E-state index contributed by atoms with van der Waals surface area (Å²) in [6.07, 6.45) is 4.25. The van der Waals surface area contributed by atoms with E-state index >= 15 is 0 Å². The summed E-state index contributed by atoms with van der Waals surface area (Å²) in [5, 5.41) is 8.84. The van der Waals surface area contributed by atoms with E-state index < -0.39 is 0 Å². The SMILES string of the molecule is CC[N+]1(CCO)C=CN(C)C1. The predicted octanol–water partition coefficient (Wildman–Crippen LogP) is 0.190. The van der Waals surface area contributed by atoms with Gasteiger partial charge in [0.05, 0.1) is 19.4 Å². The summed E-state index contributed by atoms with van der Waals surface area (Å²) in [4.78, 5) is 2.15. The Bertz CT molecular complexity index is 158. The van der Waals surface area contributed by atoms with Crippen LogP contribution in [0.2, 0.25) is 0 Å². The van der Waals surface area contributed by atoms with Crippen molar-refractivity contribution in [2.45, 2.75) is 6.92 Å². The third-order valence-corrected chi connectivity index (χ3v) is 2.32. The number of aliphatic hydroxyl groups excluding tert-OH is 1. The van der Waals surface area contributed by atoms with E-state index in [1.165, 1.54) is 0 Å². The lowest BCUT2D eigenvalue weighted by Crippen LogP contribution is -2.45. The van der Waals surface area contributed by atoms with Gasteiger partial charge < -0.3 is 10.0 Å². The van der Waals surface area contributed by atoms with Crippen LogP contribution in [-0.4, -0.2) is 47.9 Å². The number of hydrogen-bond donors (Lipinski definition) is 1. The molecule has 0 aromatic heterocycles. The Morgan fingerprint density at radius 2 is 2.36 bits per heavy atom. The Balaban J connectivity index is 2.56. The average Bonchev–Trinajstić information content (AvgIpc) is 2.34. The number of likely N-dealkylation sites (N-methyl/N-ethyl adjacent to an activating group) is 1. The van der Waals surface area contributed by atoms with E-state index in [9.17, 15) is 0 Å². The van der Waals surface area contributed by atoms with Crippen molar-refractivity contribution in [3.63, 3.8) is 0 Å². The van der Waals surface area contributed by atoms with Crippen molar-refractivity contribution in [2.75, 3.05) is 33.4 Å². The minimum atomic E-state index is 0.270. The summed E-state index contributed by atoms with van der Waals surface area (Å²) in [6, 6.07) is 0. The van der Waals surface area contributed by atoms with Crippen LogP contribution in [0.25, 0.3) is 0 Å². The molecule has 1 heterocycles. The minimum Gasteiger partial charge on any atom is -0.390 e. The average molecular weight is 157 g/mol. The van der Waals surface area contributed by atoms with Crippen LogP contribution < -0.4 is 0 Å². The lowest BCUT2D eigenvalue weighted by Gasteiger charge is -2.30. The van der Waals surface area contributed by atoms with Crippen LogP contribution in [-0.2, 0) is 0 Å². The van der Waals surface area contributed by atoms with E-state index in [4.69, 9.17) is 5.11 Å². The normalized spacial score (nSPS) is 29.9. The summed E-state index contributed by atoms with van der Waals surface area (Å²) >= 11 is 0. The number of hydrogen-bond acceptors (Lipinski definition) is 2. The van der Waals surface area contributed by atoms with Gasteiger partial charge in [-0.05, 0) is 6.92 Å². The van der Waals surface area contributed by atoms with E-state index in [2.05, 4.69) is 31.3 Å². The molecule has 0 radical (unpaired) electrons. The smallest absolute Gasteiger partial charge is 0.158 e. The molecule has 64 valence electrons. The molecule has 0 saturated carbocycles. The fourth-order valence-electron chi connectivity index (χ4n) is 1.50. The molecule has 0 aromatic carbocycles. The van der Waals surface area contributed by atoms with Crippen LogP contribution in [0.15, 0.2) is 12.4 Å². The van der Waals surface area contributed by atoms with Gasteiger partial charge in [-0.2, -0.15) is 0 Å². The van der Waals surface area contributed by atoms with Gasteiger partial charge in [0.1, 0.15) is 12.7 Å². The van der Waals surface area contributed by atoms with E-state index in [1.54, 1.807) is 0 Å². The molecule has 1 atom stereocenters. The van der Waals surface area contributed by atoms with Crippen molar-refractivity contribution in [2.24, 2.45) is 0 Å². The molecule has 1 rings (SSSR count). The summed E-state index contributed by atoms with van der Waals surface area (Å²) in [5.41, 5.74) is 0. The Kier molecular flexibility index (Phi) is 2.52. The van der Waals surface area contributed by atoms with E-state index in [-0.39, 0.29) is 6.61 Å². The summed E-state index contributed by atoms with van der Waals surface area (Å²) < 4.78 is 0.896. The zero-order valence-corrected chi connectivity index (χ0v) is 7.32. The highest BCUT2D eigenvalue weighted by atomic mass is 16.3. The number of aliphatic hydroxyl groups is 1. The molecule has 1 unspecified atom stereocenters. The minimum absolute atomic E-state index is 0.270. The predicted molar refractivity (Wildman–Crippen MR) is 44.5 cm³/mol. The fraction of sp³-hybridized carbons (Fsp3) is 0.750. The van der Waals surface area contributed by atoms with Crippen LogP contribution in [0.4, 0.5) is 0 Å². The van der Waals surface area contributed by atoms with E-state index in [0.717, 1.165) is 24.2 Å². The van der Waals surface area contributed by atoms with Gasteiger partial charge in [0, 0.05) is 7.05 Å². The van der Waals surface area contributed by atoms with Gasteiger partial charge in [0.15, 0.2) is 6.67 Å². The zero-order chi connectivity index (χ0) is 8.32. The molecule has 0 aromatic rings. The van der Waals surface area contributed by atoms with Crippen LogP contribution in [0, 0.1) is 0 Å². The molecular formula is C8H17N2O+. The van der Waals surface area contributed by atoms with E-state index in [1.807, 2.05) is 0 Å². The molecule has 0 bridgehead atoms. The monoisotopic (exact) mass is 157 g/mol. The first kappa shape index (κ1) is 8.56. The summed E-state index contributed by atoms with van der Waals surface area (Å²) in [5.74, 6) is 0. The molecule has 11 heavy (non-hydrogen) atoms. The second-order valence-corrected chi connectivity index (χ2v) is 3.18. The molecule has 1 aliphatic heterocycles. The molecule has 1 aliphatic rings. The molecule has 1 N–H and O–H groups in total. The Morgan fingerprint density at radius 1 is 1.64 bits per heavy atom. The highest BCUT2D eigenvalue weighted by Gasteiger charge is 2.27. The topological polar surface area (TPSA) is 23.5 Å². The maximum absolute atomic E-state index is 8.84. The number of quaternary nitrogens is 1. The van der Waals surface area contributed by atoms with Gasteiger partial charge in [-0.25, -0.2) is 0 Å². The zero-order valence-electron chi connectivity index (χ0n) is 7.32. The number of rotatable bonds is 3.